The second kappa shape index (κ2) is 18.6. The zero-order valence-corrected chi connectivity index (χ0v) is 28.0. The summed E-state index contributed by atoms with van der Waals surface area (Å²) >= 11 is 1.82. The molecule has 0 bridgehead atoms. The van der Waals surface area contributed by atoms with Gasteiger partial charge in [-0.05, 0) is 79.9 Å². The van der Waals surface area contributed by atoms with Crippen molar-refractivity contribution in [1.82, 2.24) is 30.2 Å². The van der Waals surface area contributed by atoms with Crippen LogP contribution in [0.25, 0.3) is 34.2 Å². The fourth-order valence-corrected chi connectivity index (χ4v) is 6.48. The molecule has 2 aliphatic rings. The first-order valence-electron chi connectivity index (χ1n) is 15.0. The summed E-state index contributed by atoms with van der Waals surface area (Å²) in [5.41, 5.74) is 5.29. The fourth-order valence-electron chi connectivity index (χ4n) is 4.96. The van der Waals surface area contributed by atoms with E-state index in [1.54, 1.807) is 24.8 Å². The number of nitrogens with zero attached hydrogens (tertiary/aromatic N) is 6. The van der Waals surface area contributed by atoms with E-state index in [0.29, 0.717) is 11.7 Å². The van der Waals surface area contributed by atoms with Crippen molar-refractivity contribution in [2.75, 3.05) is 5.75 Å². The van der Waals surface area contributed by atoms with Crippen molar-refractivity contribution < 1.29 is 34.5 Å². The molecule has 7 heterocycles. The van der Waals surface area contributed by atoms with Crippen LogP contribution in [0.4, 0.5) is 0 Å². The minimum absolute atomic E-state index is 0. The van der Waals surface area contributed by atoms with Crippen molar-refractivity contribution >= 4 is 23.8 Å². The minimum atomic E-state index is -0.987. The Hall–Kier alpha value is -4.54. The standard InChI is InChI=1S/C15H11N3.C10H16N2O3S.C10H8N2.Ru/c1-3-10-16-12(6-1)14-8-5-9-15(18-14)13-7-2-4-11-17-13;13-8(14)4-2-1-3-7-9-6(5-16-7)11-10(15)12-9;1-3-7-11-9(5-1)10-6-2-4-8-12-10;/h1-11H;6-7,9H,1-5H2,(H,13,14)(H2,11,12,15);1-8H;/q;;;+2/p-2. The molecular weight excluding hydrogens is 700 g/mol. The fraction of sp³-hybridized carbons (Fsp3) is 0.229. The Morgan fingerprint density at radius 1 is 0.702 bits per heavy atom. The summed E-state index contributed by atoms with van der Waals surface area (Å²) in [7, 11) is 0. The molecule has 2 aliphatic heterocycles. The Morgan fingerprint density at radius 2 is 1.17 bits per heavy atom. The van der Waals surface area contributed by atoms with Crippen LogP contribution in [0.2, 0.25) is 0 Å². The van der Waals surface area contributed by atoms with Crippen LogP contribution in [-0.2, 0) is 24.3 Å². The number of rotatable bonds is 8. The average molecular weight is 733 g/mol. The maximum absolute atomic E-state index is 11.0. The molecule has 1 fully saturated rings. The van der Waals surface area contributed by atoms with Crippen molar-refractivity contribution in [3.8, 4) is 34.2 Å². The summed E-state index contributed by atoms with van der Waals surface area (Å²) in [6.07, 6.45) is 9.64. The van der Waals surface area contributed by atoms with Gasteiger partial charge in [0.05, 0.1) is 46.2 Å². The molecule has 0 saturated carbocycles. The number of hydrogen-bond donors (Lipinski definition) is 1. The van der Waals surface area contributed by atoms with Gasteiger partial charge in [-0.2, -0.15) is 11.8 Å². The van der Waals surface area contributed by atoms with E-state index < -0.39 is 5.97 Å². The summed E-state index contributed by atoms with van der Waals surface area (Å²) in [4.78, 5) is 35.8. The molecule has 240 valence electrons. The molecule has 5 aromatic heterocycles. The first-order valence-corrected chi connectivity index (χ1v) is 16.1. The van der Waals surface area contributed by atoms with Gasteiger partial charge in [0.1, 0.15) is 0 Å². The third kappa shape index (κ3) is 10.8. The predicted octanol–water partition coefficient (Wildman–Crippen LogP) is 3.82. The van der Waals surface area contributed by atoms with Gasteiger partial charge in [0.2, 0.25) is 0 Å². The van der Waals surface area contributed by atoms with E-state index in [4.69, 9.17) is 0 Å². The molecule has 1 N–H and O–H groups in total. The number of nitrogens with one attached hydrogen (secondary N) is 1. The smallest absolute Gasteiger partial charge is 0.846 e. The number of aliphatic imine (C=N–C) groups is 1. The Bertz CT molecular complexity index is 1600. The summed E-state index contributed by atoms with van der Waals surface area (Å²) in [6, 6.07) is 29.2. The van der Waals surface area contributed by atoms with Gasteiger partial charge in [-0.15, -0.1) is 0 Å². The molecule has 3 unspecified atom stereocenters. The molecule has 0 aliphatic carbocycles. The van der Waals surface area contributed by atoms with Gasteiger partial charge < -0.3 is 20.3 Å². The number of pyridine rings is 5. The minimum Gasteiger partial charge on any atom is -0.846 e. The molecule has 1 saturated heterocycles. The zero-order chi connectivity index (χ0) is 32.0. The van der Waals surface area contributed by atoms with Gasteiger partial charge in [0, 0.05) is 47.8 Å². The number of amidine groups is 1. The third-order valence-corrected chi connectivity index (χ3v) is 8.67. The second-order valence-electron chi connectivity index (χ2n) is 10.4. The van der Waals surface area contributed by atoms with Crippen molar-refractivity contribution in [2.45, 2.75) is 43.0 Å². The van der Waals surface area contributed by atoms with E-state index in [1.807, 2.05) is 103 Å². The van der Waals surface area contributed by atoms with Crippen LogP contribution in [0.5, 0.6) is 0 Å². The van der Waals surface area contributed by atoms with Crippen molar-refractivity contribution in [3.05, 3.63) is 116 Å². The number of aromatic nitrogens is 5. The van der Waals surface area contributed by atoms with Gasteiger partial charge in [-0.3, -0.25) is 24.9 Å². The van der Waals surface area contributed by atoms with Crippen LogP contribution >= 0.6 is 11.8 Å². The van der Waals surface area contributed by atoms with Crippen LogP contribution in [0, 0.1) is 0 Å². The third-order valence-electron chi connectivity index (χ3n) is 7.17. The number of aliphatic carboxylic acids is 1. The number of carboxylic acid groups (broad SMARTS) is 1. The number of carboxylic acids is 1. The SMILES string of the molecule is O=C([O-])CCCCC1SCC2NC([O-])=NC21.[Ru+2].c1ccc(-c2cccc(-c3ccccn3)n2)nc1.c1ccc(-c2ccccn2)nc1. The van der Waals surface area contributed by atoms with Gasteiger partial charge in [0.25, 0.3) is 0 Å². The van der Waals surface area contributed by atoms with Crippen molar-refractivity contribution in [1.29, 1.82) is 0 Å². The second-order valence-corrected chi connectivity index (χ2v) is 11.7. The Kier molecular flexibility index (Phi) is 14.0. The molecule has 0 aromatic carbocycles. The molecule has 0 amide bonds. The zero-order valence-electron chi connectivity index (χ0n) is 25.4. The number of thioether (sulfide) groups is 1. The summed E-state index contributed by atoms with van der Waals surface area (Å²) < 4.78 is 0. The van der Waals surface area contributed by atoms with Crippen LogP contribution in [-0.4, -0.2) is 60.0 Å². The van der Waals surface area contributed by atoms with Crippen LogP contribution in [0.1, 0.15) is 25.7 Å². The first kappa shape index (κ1) is 35.3. The van der Waals surface area contributed by atoms with Gasteiger partial charge >= 0.3 is 19.5 Å². The molecule has 12 heteroatoms. The van der Waals surface area contributed by atoms with Crippen LogP contribution < -0.4 is 15.5 Å². The largest absolute Gasteiger partial charge is 2.00 e. The van der Waals surface area contributed by atoms with E-state index in [1.165, 1.54) is 0 Å². The number of hydrogen-bond acceptors (Lipinski definition) is 11. The maximum atomic E-state index is 11.0. The molecule has 0 radical (unpaired) electrons. The van der Waals surface area contributed by atoms with E-state index in [2.05, 4.69) is 35.2 Å². The van der Waals surface area contributed by atoms with Crippen LogP contribution in [0.15, 0.2) is 121 Å². The first-order chi connectivity index (χ1) is 22.6. The Balaban J connectivity index is 0.000000161. The number of fused-ring (bicyclic) bond motifs is 1. The van der Waals surface area contributed by atoms with Crippen molar-refractivity contribution in [3.63, 3.8) is 0 Å². The van der Waals surface area contributed by atoms with E-state index in [9.17, 15) is 15.0 Å². The number of carbonyl (C=O) groups excluding carboxylic acids is 1. The monoisotopic (exact) mass is 733 g/mol. The van der Waals surface area contributed by atoms with Gasteiger partial charge in [-0.1, -0.05) is 36.8 Å². The van der Waals surface area contributed by atoms with E-state index in [0.717, 1.165) is 52.8 Å². The molecule has 7 rings (SSSR count). The van der Waals surface area contributed by atoms with E-state index in [-0.39, 0.29) is 44.0 Å². The molecule has 47 heavy (non-hydrogen) atoms. The Morgan fingerprint density at radius 3 is 1.62 bits per heavy atom. The quantitative estimate of drug-likeness (QED) is 0.184. The molecule has 10 nitrogen and oxygen atoms in total. The molecule has 5 aromatic rings. The summed E-state index contributed by atoms with van der Waals surface area (Å²) in [6.45, 7) is 0. The number of unbranched alkanes of at least 4 members (excludes halogenated alkanes) is 1. The molecule has 3 atom stereocenters. The van der Waals surface area contributed by atoms with Gasteiger partial charge in [-0.25, -0.2) is 4.98 Å². The normalized spacial score (nSPS) is 17.3. The molecule has 0 spiro atoms. The predicted molar refractivity (Wildman–Crippen MR) is 176 cm³/mol. The van der Waals surface area contributed by atoms with E-state index >= 15 is 0 Å². The summed E-state index contributed by atoms with van der Waals surface area (Å²) in [5.74, 6) is -0.0650. The van der Waals surface area contributed by atoms with Gasteiger partial charge in [0.15, 0.2) is 0 Å². The van der Waals surface area contributed by atoms with Crippen LogP contribution in [0.3, 0.4) is 0 Å². The molecular formula is C35H33N7O3RuS. The summed E-state index contributed by atoms with van der Waals surface area (Å²) in [5, 5.41) is 24.5. The van der Waals surface area contributed by atoms with Crippen molar-refractivity contribution in [2.24, 2.45) is 4.99 Å². The number of carbonyl (C=O) groups is 1. The Labute approximate surface area is 291 Å². The maximum Gasteiger partial charge on any atom is 2.00 e. The topological polar surface area (TPSA) is 152 Å². The average Bonchev–Trinajstić information content (AvgIpc) is 3.68.